The molecular formula is C44H60ClN5O5S. The fourth-order valence-electron chi connectivity index (χ4n) is 10.5. The second kappa shape index (κ2) is 15.6. The van der Waals surface area contributed by atoms with E-state index in [0.717, 1.165) is 107 Å². The van der Waals surface area contributed by atoms with Gasteiger partial charge < -0.3 is 19.3 Å². The van der Waals surface area contributed by atoms with Gasteiger partial charge in [-0.25, -0.2) is 4.21 Å². The number of carbonyl (C=O) groups is 2. The van der Waals surface area contributed by atoms with Gasteiger partial charge >= 0.3 is 0 Å². The first kappa shape index (κ1) is 39.7. The quantitative estimate of drug-likeness (QED) is 0.324. The third-order valence-corrected chi connectivity index (χ3v) is 16.9. The first-order chi connectivity index (χ1) is 26.8. The molecule has 1 unspecified atom stereocenters. The lowest BCUT2D eigenvalue weighted by molar-refractivity contribution is -0.137. The normalized spacial score (nSPS) is 34.9. The zero-order valence-corrected chi connectivity index (χ0v) is 35.2. The number of aryl methyl sites for hydroxylation is 1. The van der Waals surface area contributed by atoms with Crippen LogP contribution >= 0.6 is 11.6 Å². The average molecular weight is 807 g/mol. The highest BCUT2D eigenvalue weighted by Crippen LogP contribution is 2.49. The number of hydrogen-bond acceptors (Lipinski definition) is 8. The number of anilines is 1. The van der Waals surface area contributed by atoms with Crippen LogP contribution in [0.1, 0.15) is 74.4 Å². The summed E-state index contributed by atoms with van der Waals surface area (Å²) < 4.78 is 30.5. The molecule has 2 saturated heterocycles. The van der Waals surface area contributed by atoms with Crippen LogP contribution in [0.5, 0.6) is 5.75 Å². The molecule has 3 fully saturated rings. The van der Waals surface area contributed by atoms with Gasteiger partial charge in [0.25, 0.3) is 5.91 Å². The molecule has 4 aliphatic heterocycles. The second-order valence-corrected chi connectivity index (χ2v) is 20.6. The minimum atomic E-state index is -2.98. The minimum Gasteiger partial charge on any atom is -0.490 e. The van der Waals surface area contributed by atoms with E-state index in [-0.39, 0.29) is 34.3 Å². The summed E-state index contributed by atoms with van der Waals surface area (Å²) in [6, 6.07) is 12.4. The zero-order valence-electron chi connectivity index (χ0n) is 33.6. The number of nitrogens with one attached hydrogen (secondary N) is 1. The number of carbonyl (C=O) groups excluding carboxylic acids is 2. The fraction of sp³-hybridized carbons (Fsp3) is 0.614. The molecule has 7 atom stereocenters. The number of piperazine rings is 1. The molecule has 2 aromatic rings. The van der Waals surface area contributed by atoms with Crippen molar-refractivity contribution in [2.75, 3.05) is 77.5 Å². The number of benzene rings is 2. The summed E-state index contributed by atoms with van der Waals surface area (Å²) in [4.78, 5) is 35.2. The largest absolute Gasteiger partial charge is 0.490 e. The van der Waals surface area contributed by atoms with Crippen LogP contribution in [0.15, 0.2) is 48.6 Å². The molecule has 2 amide bonds. The van der Waals surface area contributed by atoms with E-state index in [9.17, 15) is 13.8 Å². The van der Waals surface area contributed by atoms with Crippen LogP contribution in [0, 0.1) is 17.8 Å². The summed E-state index contributed by atoms with van der Waals surface area (Å²) in [6.45, 7) is 14.1. The molecule has 304 valence electrons. The van der Waals surface area contributed by atoms with Crippen molar-refractivity contribution in [3.05, 3.63) is 70.3 Å². The molecule has 1 spiro atoms. The van der Waals surface area contributed by atoms with Gasteiger partial charge in [-0.1, -0.05) is 36.7 Å². The number of hydrogen-bond donors (Lipinski definition) is 1. The Morgan fingerprint density at radius 1 is 1.09 bits per heavy atom. The zero-order chi connectivity index (χ0) is 39.4. The van der Waals surface area contributed by atoms with Gasteiger partial charge in [-0.15, -0.1) is 0 Å². The lowest BCUT2D eigenvalue weighted by Crippen LogP contribution is -2.65. The Balaban J connectivity index is 1.13. The molecule has 6 aliphatic rings. The van der Waals surface area contributed by atoms with E-state index >= 15 is 0 Å². The van der Waals surface area contributed by atoms with Crippen LogP contribution < -0.4 is 14.4 Å². The molecule has 12 heteroatoms. The van der Waals surface area contributed by atoms with Gasteiger partial charge in [-0.05, 0) is 111 Å². The highest BCUT2D eigenvalue weighted by atomic mass is 35.5. The summed E-state index contributed by atoms with van der Waals surface area (Å²) in [5.41, 5.74) is 3.21. The highest BCUT2D eigenvalue weighted by molar-refractivity contribution is 7.99. The maximum Gasteiger partial charge on any atom is 0.262 e. The molecule has 2 aromatic carbocycles. The van der Waals surface area contributed by atoms with E-state index < -0.39 is 15.3 Å². The van der Waals surface area contributed by atoms with Crippen molar-refractivity contribution < 1.29 is 23.3 Å². The second-order valence-electron chi connectivity index (χ2n) is 17.8. The predicted molar refractivity (Wildman–Crippen MR) is 225 cm³/mol. The smallest absolute Gasteiger partial charge is 0.262 e. The van der Waals surface area contributed by atoms with E-state index in [1.807, 2.05) is 37.1 Å². The number of methoxy groups -OCH3 is 1. The van der Waals surface area contributed by atoms with E-state index in [1.165, 1.54) is 11.1 Å². The van der Waals surface area contributed by atoms with Crippen LogP contribution in [0.25, 0.3) is 0 Å². The minimum absolute atomic E-state index is 0.0113. The number of allylic oxidation sites excluding steroid dienone is 1. The summed E-state index contributed by atoms with van der Waals surface area (Å²) in [5, 5.41) is 0.409. The van der Waals surface area contributed by atoms with Crippen LogP contribution in [0.3, 0.4) is 0 Å². The summed E-state index contributed by atoms with van der Waals surface area (Å²) in [7, 11) is -1.10. The Kier molecular flexibility index (Phi) is 11.1. The standard InChI is InChI=1S/C44H60ClN5O5S/c1-30-8-6-17-44(54-4,28-47-18-20-48(21-19-47)37-25-49(26-37)32(3)51)39-13-10-35(39)24-50-27-43(16-7-9-33-22-36(45)12-14-38(33)43)29-55-41-15-11-34(23-40(41)50)42(52)46-56(5,53)31(30)2/h6,11-12,14-15,17,22-23,30-31,35,37,39H,5,7-10,13,16,18-21,24-29H2,1-4H3,(H,46,52,53)/b17-6+/t30-,31+,35-,39+,43-,44+,56?/m0/s1. The van der Waals surface area contributed by atoms with Gasteiger partial charge in [-0.3, -0.25) is 24.1 Å². The molecule has 56 heavy (non-hydrogen) atoms. The first-order valence-electron chi connectivity index (χ1n) is 20.7. The van der Waals surface area contributed by atoms with Gasteiger partial charge in [-0.2, -0.15) is 0 Å². The topological polar surface area (TPSA) is 94.7 Å². The maximum absolute atomic E-state index is 14.1. The van der Waals surface area contributed by atoms with Gasteiger partial charge in [0.1, 0.15) is 11.4 Å². The molecule has 4 heterocycles. The third kappa shape index (κ3) is 7.51. The van der Waals surface area contributed by atoms with E-state index in [1.54, 1.807) is 13.0 Å². The molecule has 8 rings (SSSR count). The van der Waals surface area contributed by atoms with Gasteiger partial charge in [0.05, 0.1) is 22.0 Å². The third-order valence-electron chi connectivity index (χ3n) is 14.5. The van der Waals surface area contributed by atoms with Crippen molar-refractivity contribution in [3.63, 3.8) is 0 Å². The molecule has 2 bridgehead atoms. The van der Waals surface area contributed by atoms with Crippen molar-refractivity contribution >= 4 is 44.7 Å². The lowest BCUT2D eigenvalue weighted by Gasteiger charge is -2.53. The van der Waals surface area contributed by atoms with E-state index in [2.05, 4.69) is 56.5 Å². The molecular weight excluding hydrogens is 746 g/mol. The SMILES string of the molecule is C=S1(=O)NC(=O)c2ccc3c(c2)N(C[C@@H]2CC[C@H]2[C@@](CN2CCN(C4CN(C(C)=O)C4)CC2)(OC)/C=C/C[C@H](C)[C@H]1C)C[C@@]1(CCCc2cc(Cl)ccc21)CO3. The van der Waals surface area contributed by atoms with Crippen LogP contribution in [-0.4, -0.2) is 126 Å². The number of likely N-dealkylation sites (tertiary alicyclic amines) is 1. The Bertz CT molecular complexity index is 1960. The summed E-state index contributed by atoms with van der Waals surface area (Å²) in [5.74, 6) is 5.28. The van der Waals surface area contributed by atoms with Crippen molar-refractivity contribution in [2.24, 2.45) is 17.8 Å². The van der Waals surface area contributed by atoms with Gasteiger partial charge in [0.15, 0.2) is 0 Å². The molecule has 2 aliphatic carbocycles. The highest BCUT2D eigenvalue weighted by Gasteiger charge is 2.50. The maximum atomic E-state index is 14.1. The predicted octanol–water partition coefficient (Wildman–Crippen LogP) is 5.42. The van der Waals surface area contributed by atoms with Crippen LogP contribution in [-0.2, 0) is 31.1 Å². The molecule has 10 nitrogen and oxygen atoms in total. The summed E-state index contributed by atoms with van der Waals surface area (Å²) in [6.07, 6.45) is 10.5. The number of rotatable bonds is 4. The Hall–Kier alpha value is -3.09. The Labute approximate surface area is 339 Å². The summed E-state index contributed by atoms with van der Waals surface area (Å²) >= 11 is 6.53. The Morgan fingerprint density at radius 3 is 2.59 bits per heavy atom. The number of nitrogens with zero attached hydrogens (tertiary/aromatic N) is 4. The van der Waals surface area contributed by atoms with Crippen molar-refractivity contribution in [3.8, 4) is 5.75 Å². The van der Waals surface area contributed by atoms with Gasteiger partial charge in [0.2, 0.25) is 5.91 Å². The van der Waals surface area contributed by atoms with Crippen molar-refractivity contribution in [1.29, 1.82) is 0 Å². The van der Waals surface area contributed by atoms with Gasteiger partial charge in [0, 0.05) is 100 Å². The number of ether oxygens (including phenoxy) is 2. The molecule has 0 aromatic heterocycles. The number of fused-ring (bicyclic) bond motifs is 4. The number of halogens is 1. The van der Waals surface area contributed by atoms with Crippen molar-refractivity contribution in [1.82, 2.24) is 19.4 Å². The Morgan fingerprint density at radius 2 is 1.88 bits per heavy atom. The monoisotopic (exact) mass is 805 g/mol. The van der Waals surface area contributed by atoms with Crippen LogP contribution in [0.4, 0.5) is 5.69 Å². The molecule has 1 N–H and O–H groups in total. The lowest BCUT2D eigenvalue weighted by atomic mass is 9.63. The molecule has 0 radical (unpaired) electrons. The average Bonchev–Trinajstić information content (AvgIpc) is 3.28. The van der Waals surface area contributed by atoms with Crippen LogP contribution in [0.2, 0.25) is 5.02 Å². The van der Waals surface area contributed by atoms with E-state index in [0.29, 0.717) is 30.6 Å². The molecule has 1 saturated carbocycles. The number of amides is 2. The first-order valence-corrected chi connectivity index (χ1v) is 22.9. The fourth-order valence-corrected chi connectivity index (χ4v) is 12.2. The van der Waals surface area contributed by atoms with E-state index in [4.69, 9.17) is 21.1 Å². The van der Waals surface area contributed by atoms with Crippen molar-refractivity contribution in [2.45, 2.75) is 81.6 Å².